The molecular weight excluding hydrogens is 228 g/mol. The van der Waals surface area contributed by atoms with Crippen molar-refractivity contribution in [3.8, 4) is 0 Å². The summed E-state index contributed by atoms with van der Waals surface area (Å²) < 4.78 is 0. The fourth-order valence-corrected chi connectivity index (χ4v) is 2.48. The lowest BCUT2D eigenvalue weighted by Gasteiger charge is -2.46. The first-order chi connectivity index (χ1) is 8.57. The molecule has 1 aliphatic carbocycles. The monoisotopic (exact) mass is 246 g/mol. The number of nitrogens with one attached hydrogen (secondary N) is 1. The van der Waals surface area contributed by atoms with Gasteiger partial charge in [-0.3, -0.25) is 0 Å². The molecule has 0 aromatic heterocycles. The molecule has 96 valence electrons. The number of rotatable bonds is 2. The molecular formula is C14H18N2O2. The summed E-state index contributed by atoms with van der Waals surface area (Å²) in [6.45, 7) is 2.95. The quantitative estimate of drug-likeness (QED) is 0.838. The van der Waals surface area contributed by atoms with Crippen molar-refractivity contribution in [3.05, 3.63) is 29.8 Å². The Morgan fingerprint density at radius 2 is 1.94 bits per heavy atom. The molecule has 1 aliphatic heterocycles. The summed E-state index contributed by atoms with van der Waals surface area (Å²) in [7, 11) is 0. The minimum absolute atomic E-state index is 0.121. The summed E-state index contributed by atoms with van der Waals surface area (Å²) in [5, 5.41) is 13.0. The van der Waals surface area contributed by atoms with Gasteiger partial charge in [0, 0.05) is 5.69 Å². The standard InChI is InChI=1S/C14H18N2O2/c1-10-2-6-12(7-3-10)15-13(17)16-8-14(18,9-16)11-4-5-11/h2-3,6-7,11,18H,4-5,8-9H2,1H3,(H,15,17). The molecule has 1 aromatic rings. The van der Waals surface area contributed by atoms with E-state index in [9.17, 15) is 9.90 Å². The summed E-state index contributed by atoms with van der Waals surface area (Å²) >= 11 is 0. The SMILES string of the molecule is Cc1ccc(NC(=O)N2CC(O)(C3CC3)C2)cc1. The molecule has 4 heteroatoms. The Balaban J connectivity index is 1.55. The van der Waals surface area contributed by atoms with E-state index in [1.54, 1.807) is 4.90 Å². The van der Waals surface area contributed by atoms with Crippen molar-refractivity contribution in [2.45, 2.75) is 25.4 Å². The van der Waals surface area contributed by atoms with Crippen LogP contribution in [0, 0.1) is 12.8 Å². The van der Waals surface area contributed by atoms with E-state index in [0.29, 0.717) is 19.0 Å². The Bertz CT molecular complexity index is 459. The third-order valence-electron chi connectivity index (χ3n) is 3.86. The van der Waals surface area contributed by atoms with Gasteiger partial charge in [0.1, 0.15) is 5.60 Å². The molecule has 1 saturated carbocycles. The molecule has 2 fully saturated rings. The van der Waals surface area contributed by atoms with Gasteiger partial charge in [0.05, 0.1) is 13.1 Å². The maximum Gasteiger partial charge on any atom is 0.322 e. The number of β-amino-alcohol motifs (C(OH)–C–C–N with tert-alkyl or cyclic N) is 1. The van der Waals surface area contributed by atoms with Gasteiger partial charge in [-0.2, -0.15) is 0 Å². The molecule has 3 rings (SSSR count). The van der Waals surface area contributed by atoms with Gasteiger partial charge in [0.15, 0.2) is 0 Å². The highest BCUT2D eigenvalue weighted by Crippen LogP contribution is 2.44. The molecule has 1 heterocycles. The molecule has 0 spiro atoms. The first-order valence-corrected chi connectivity index (χ1v) is 6.42. The highest BCUT2D eigenvalue weighted by atomic mass is 16.3. The number of hydrogen-bond donors (Lipinski definition) is 2. The van der Waals surface area contributed by atoms with Crippen LogP contribution in [0.2, 0.25) is 0 Å². The maximum atomic E-state index is 11.9. The first-order valence-electron chi connectivity index (χ1n) is 6.42. The number of amides is 2. The number of urea groups is 1. The number of hydrogen-bond acceptors (Lipinski definition) is 2. The minimum Gasteiger partial charge on any atom is -0.386 e. The van der Waals surface area contributed by atoms with Gasteiger partial charge >= 0.3 is 6.03 Å². The van der Waals surface area contributed by atoms with Crippen LogP contribution in [0.3, 0.4) is 0 Å². The Morgan fingerprint density at radius 1 is 1.33 bits per heavy atom. The van der Waals surface area contributed by atoms with Crippen LogP contribution in [0.15, 0.2) is 24.3 Å². The summed E-state index contributed by atoms with van der Waals surface area (Å²) in [6.07, 6.45) is 2.20. The molecule has 2 N–H and O–H groups in total. The predicted molar refractivity (Wildman–Crippen MR) is 69.4 cm³/mol. The number of anilines is 1. The third-order valence-corrected chi connectivity index (χ3v) is 3.86. The Kier molecular flexibility index (Phi) is 2.55. The van der Waals surface area contributed by atoms with Gasteiger partial charge in [0.2, 0.25) is 0 Å². The summed E-state index contributed by atoms with van der Waals surface area (Å²) in [4.78, 5) is 13.6. The largest absolute Gasteiger partial charge is 0.386 e. The first kappa shape index (κ1) is 11.5. The van der Waals surface area contributed by atoms with Crippen molar-refractivity contribution in [1.82, 2.24) is 4.90 Å². The van der Waals surface area contributed by atoms with Crippen LogP contribution in [-0.2, 0) is 0 Å². The Morgan fingerprint density at radius 3 is 2.50 bits per heavy atom. The normalized spacial score (nSPS) is 21.3. The second-order valence-electron chi connectivity index (χ2n) is 5.53. The molecule has 1 aromatic carbocycles. The summed E-state index contributed by atoms with van der Waals surface area (Å²) in [5.74, 6) is 0.418. The van der Waals surface area contributed by atoms with Crippen LogP contribution in [0.1, 0.15) is 18.4 Å². The number of benzene rings is 1. The van der Waals surface area contributed by atoms with Gasteiger partial charge in [-0.25, -0.2) is 4.79 Å². The van der Waals surface area contributed by atoms with Gasteiger partial charge in [-0.1, -0.05) is 17.7 Å². The van der Waals surface area contributed by atoms with E-state index >= 15 is 0 Å². The number of carbonyl (C=O) groups is 1. The summed E-state index contributed by atoms with van der Waals surface area (Å²) in [5.41, 5.74) is 1.36. The van der Waals surface area contributed by atoms with Crippen LogP contribution >= 0.6 is 0 Å². The van der Waals surface area contributed by atoms with E-state index in [4.69, 9.17) is 0 Å². The minimum atomic E-state index is -0.607. The van der Waals surface area contributed by atoms with E-state index in [-0.39, 0.29) is 6.03 Å². The topological polar surface area (TPSA) is 52.6 Å². The van der Waals surface area contributed by atoms with Crippen molar-refractivity contribution in [2.24, 2.45) is 5.92 Å². The molecule has 0 bridgehead atoms. The van der Waals surface area contributed by atoms with Crippen LogP contribution in [-0.4, -0.2) is 34.7 Å². The van der Waals surface area contributed by atoms with E-state index in [0.717, 1.165) is 18.5 Å². The molecule has 2 aliphatic rings. The van der Waals surface area contributed by atoms with E-state index in [1.165, 1.54) is 5.56 Å². The van der Waals surface area contributed by atoms with Crippen molar-refractivity contribution in [1.29, 1.82) is 0 Å². The molecule has 4 nitrogen and oxygen atoms in total. The van der Waals surface area contributed by atoms with E-state index < -0.39 is 5.60 Å². The van der Waals surface area contributed by atoms with Gasteiger partial charge in [-0.15, -0.1) is 0 Å². The zero-order chi connectivity index (χ0) is 12.8. The zero-order valence-corrected chi connectivity index (χ0v) is 10.5. The second kappa shape index (κ2) is 3.99. The van der Waals surface area contributed by atoms with Crippen molar-refractivity contribution in [3.63, 3.8) is 0 Å². The van der Waals surface area contributed by atoms with Crippen LogP contribution in [0.5, 0.6) is 0 Å². The number of aliphatic hydroxyl groups is 1. The maximum absolute atomic E-state index is 11.9. The highest BCUT2D eigenvalue weighted by molar-refractivity contribution is 5.90. The fourth-order valence-electron chi connectivity index (χ4n) is 2.48. The molecule has 0 radical (unpaired) electrons. The van der Waals surface area contributed by atoms with Gasteiger partial charge in [-0.05, 0) is 37.8 Å². The predicted octanol–water partition coefficient (Wildman–Crippen LogP) is 1.98. The van der Waals surface area contributed by atoms with E-state index in [1.807, 2.05) is 31.2 Å². The fraction of sp³-hybridized carbons (Fsp3) is 0.500. The number of carbonyl (C=O) groups excluding carboxylic acids is 1. The lowest BCUT2D eigenvalue weighted by molar-refractivity contribution is -0.0897. The average molecular weight is 246 g/mol. The lowest BCUT2D eigenvalue weighted by Crippen LogP contribution is -2.65. The van der Waals surface area contributed by atoms with Crippen LogP contribution in [0.25, 0.3) is 0 Å². The van der Waals surface area contributed by atoms with Crippen LogP contribution in [0.4, 0.5) is 10.5 Å². The zero-order valence-electron chi connectivity index (χ0n) is 10.5. The molecule has 18 heavy (non-hydrogen) atoms. The number of aryl methyl sites for hydroxylation is 1. The Labute approximate surface area is 107 Å². The molecule has 2 amide bonds. The van der Waals surface area contributed by atoms with E-state index in [2.05, 4.69) is 5.32 Å². The van der Waals surface area contributed by atoms with Gasteiger partial charge in [0.25, 0.3) is 0 Å². The van der Waals surface area contributed by atoms with Crippen molar-refractivity contribution in [2.75, 3.05) is 18.4 Å². The second-order valence-corrected chi connectivity index (χ2v) is 5.53. The Hall–Kier alpha value is -1.55. The van der Waals surface area contributed by atoms with Crippen molar-refractivity contribution >= 4 is 11.7 Å². The number of likely N-dealkylation sites (tertiary alicyclic amines) is 1. The van der Waals surface area contributed by atoms with Crippen molar-refractivity contribution < 1.29 is 9.90 Å². The number of nitrogens with zero attached hydrogens (tertiary/aromatic N) is 1. The van der Waals surface area contributed by atoms with Gasteiger partial charge < -0.3 is 15.3 Å². The average Bonchev–Trinajstić information content (AvgIpc) is 3.12. The molecule has 1 saturated heterocycles. The third kappa shape index (κ3) is 2.08. The molecule has 0 unspecified atom stereocenters. The summed E-state index contributed by atoms with van der Waals surface area (Å²) in [6, 6.07) is 7.59. The van der Waals surface area contributed by atoms with Crippen LogP contribution < -0.4 is 5.32 Å². The smallest absolute Gasteiger partial charge is 0.322 e. The lowest BCUT2D eigenvalue weighted by atomic mass is 9.89. The highest BCUT2D eigenvalue weighted by Gasteiger charge is 2.53. The molecule has 0 atom stereocenters.